The first-order chi connectivity index (χ1) is 12.1. The highest BCUT2D eigenvalue weighted by molar-refractivity contribution is 5.93. The summed E-state index contributed by atoms with van der Waals surface area (Å²) in [5, 5.41) is 0. The number of hydrogen-bond donors (Lipinski definition) is 0. The number of piperidine rings is 2. The smallest absolute Gasteiger partial charge is 0.257 e. The lowest BCUT2D eigenvalue weighted by Crippen LogP contribution is -2.55. The van der Waals surface area contributed by atoms with E-state index in [1.807, 2.05) is 16.7 Å². The summed E-state index contributed by atoms with van der Waals surface area (Å²) < 4.78 is 0. The minimum atomic E-state index is 0.0290. The van der Waals surface area contributed by atoms with Gasteiger partial charge in [0.05, 0.1) is 5.56 Å². The molecule has 25 heavy (non-hydrogen) atoms. The predicted octanol–water partition coefficient (Wildman–Crippen LogP) is 2.22. The summed E-state index contributed by atoms with van der Waals surface area (Å²) in [5.41, 5.74) is 0.646. The number of likely N-dealkylation sites (tertiary alicyclic amines) is 2. The largest absolute Gasteiger partial charge is 0.342 e. The maximum absolute atomic E-state index is 12.9. The second-order valence-electron chi connectivity index (χ2n) is 7.84. The molecule has 3 aliphatic rings. The summed E-state index contributed by atoms with van der Waals surface area (Å²) >= 11 is 0. The monoisotopic (exact) mass is 342 g/mol. The summed E-state index contributed by atoms with van der Waals surface area (Å²) in [4.78, 5) is 37.6. The zero-order valence-electron chi connectivity index (χ0n) is 14.9. The first kappa shape index (κ1) is 16.5. The summed E-state index contributed by atoms with van der Waals surface area (Å²) in [6, 6.07) is 0. The summed E-state index contributed by atoms with van der Waals surface area (Å²) in [6.45, 7) is 5.08. The van der Waals surface area contributed by atoms with Crippen LogP contribution in [0.15, 0.2) is 12.4 Å². The van der Waals surface area contributed by atoms with Crippen LogP contribution < -0.4 is 0 Å². The lowest BCUT2D eigenvalue weighted by molar-refractivity contribution is -0.138. The van der Waals surface area contributed by atoms with Crippen molar-refractivity contribution in [1.82, 2.24) is 19.8 Å². The van der Waals surface area contributed by atoms with Crippen molar-refractivity contribution < 1.29 is 9.59 Å². The third-order valence-electron chi connectivity index (χ3n) is 5.94. The van der Waals surface area contributed by atoms with Crippen LogP contribution in [-0.4, -0.2) is 57.8 Å². The van der Waals surface area contributed by atoms with E-state index < -0.39 is 0 Å². The Bertz CT molecular complexity index is 671. The number of amides is 2. The van der Waals surface area contributed by atoms with Gasteiger partial charge in [0.15, 0.2) is 0 Å². The fraction of sp³-hybridized carbons (Fsp3) is 0.684. The van der Waals surface area contributed by atoms with Crippen molar-refractivity contribution in [2.75, 3.05) is 26.2 Å². The van der Waals surface area contributed by atoms with E-state index in [0.717, 1.165) is 64.1 Å². The normalized spacial score (nSPS) is 27.0. The molecule has 4 rings (SSSR count). The molecule has 2 saturated heterocycles. The van der Waals surface area contributed by atoms with Gasteiger partial charge in [0.1, 0.15) is 5.82 Å². The molecule has 0 radical (unpaired) electrons. The molecule has 1 spiro atoms. The second-order valence-corrected chi connectivity index (χ2v) is 7.84. The average Bonchev–Trinajstić information content (AvgIpc) is 3.49. The number of carbonyl (C=O) groups is 2. The van der Waals surface area contributed by atoms with E-state index in [9.17, 15) is 9.59 Å². The molecule has 3 fully saturated rings. The summed E-state index contributed by atoms with van der Waals surface area (Å²) in [5.74, 6) is 1.65. The van der Waals surface area contributed by atoms with E-state index in [0.29, 0.717) is 17.9 Å². The number of nitrogens with zero attached hydrogens (tertiary/aromatic N) is 4. The molecular formula is C19H26N4O2. The molecule has 6 heteroatoms. The van der Waals surface area contributed by atoms with Gasteiger partial charge in [-0.3, -0.25) is 9.59 Å². The van der Waals surface area contributed by atoms with Crippen LogP contribution >= 0.6 is 0 Å². The highest BCUT2D eigenvalue weighted by Crippen LogP contribution is 2.39. The molecule has 1 aliphatic carbocycles. The van der Waals surface area contributed by atoms with Crippen LogP contribution in [0.5, 0.6) is 0 Å². The molecule has 2 aliphatic heterocycles. The van der Waals surface area contributed by atoms with Crippen LogP contribution in [-0.2, 0) is 4.79 Å². The number of aromatic nitrogens is 2. The van der Waals surface area contributed by atoms with Gasteiger partial charge in [0, 0.05) is 56.3 Å². The van der Waals surface area contributed by atoms with Gasteiger partial charge in [-0.2, -0.15) is 0 Å². The van der Waals surface area contributed by atoms with Crippen LogP contribution in [0.25, 0.3) is 0 Å². The van der Waals surface area contributed by atoms with Gasteiger partial charge in [-0.15, -0.1) is 0 Å². The molecule has 1 saturated carbocycles. The van der Waals surface area contributed by atoms with Crippen LogP contribution in [0, 0.1) is 5.41 Å². The fourth-order valence-corrected chi connectivity index (χ4v) is 4.29. The van der Waals surface area contributed by atoms with E-state index in [2.05, 4.69) is 9.97 Å². The Morgan fingerprint density at radius 1 is 1.24 bits per heavy atom. The fourth-order valence-electron chi connectivity index (χ4n) is 4.29. The highest BCUT2D eigenvalue weighted by Gasteiger charge is 2.42. The Morgan fingerprint density at radius 2 is 2.00 bits per heavy atom. The molecule has 1 aromatic heterocycles. The van der Waals surface area contributed by atoms with E-state index in [1.165, 1.54) is 0 Å². The number of carbonyl (C=O) groups excluding carboxylic acids is 2. The third kappa shape index (κ3) is 3.26. The molecule has 0 N–H and O–H groups in total. The molecule has 0 aromatic carbocycles. The van der Waals surface area contributed by atoms with Gasteiger partial charge in [-0.1, -0.05) is 0 Å². The maximum Gasteiger partial charge on any atom is 0.257 e. The lowest BCUT2D eigenvalue weighted by atomic mass is 9.73. The first-order valence-electron chi connectivity index (χ1n) is 9.49. The Balaban J connectivity index is 1.46. The van der Waals surface area contributed by atoms with E-state index in [-0.39, 0.29) is 17.2 Å². The van der Waals surface area contributed by atoms with Crippen molar-refractivity contribution in [2.45, 2.75) is 51.4 Å². The maximum atomic E-state index is 12.9. The Morgan fingerprint density at radius 3 is 2.68 bits per heavy atom. The quantitative estimate of drug-likeness (QED) is 0.845. The van der Waals surface area contributed by atoms with E-state index >= 15 is 0 Å². The first-order valence-corrected chi connectivity index (χ1v) is 9.49. The predicted molar refractivity (Wildman–Crippen MR) is 93.1 cm³/mol. The molecular weight excluding hydrogens is 316 g/mol. The molecule has 1 aromatic rings. The minimum absolute atomic E-state index is 0.0290. The van der Waals surface area contributed by atoms with Crippen molar-refractivity contribution in [3.05, 3.63) is 23.8 Å². The van der Waals surface area contributed by atoms with E-state index in [4.69, 9.17) is 0 Å². The van der Waals surface area contributed by atoms with Crippen molar-refractivity contribution in [1.29, 1.82) is 0 Å². The van der Waals surface area contributed by atoms with E-state index in [1.54, 1.807) is 12.4 Å². The molecule has 1 atom stereocenters. The van der Waals surface area contributed by atoms with Gasteiger partial charge < -0.3 is 9.80 Å². The van der Waals surface area contributed by atoms with Gasteiger partial charge in [-0.05, 0) is 39.0 Å². The Kier molecular flexibility index (Phi) is 4.21. The topological polar surface area (TPSA) is 66.4 Å². The van der Waals surface area contributed by atoms with Gasteiger partial charge in [-0.25, -0.2) is 9.97 Å². The second kappa shape index (κ2) is 6.39. The third-order valence-corrected chi connectivity index (χ3v) is 5.94. The number of hydrogen-bond acceptors (Lipinski definition) is 4. The molecule has 2 amide bonds. The standard InChI is InChI=1S/C19H26N4O2/c1-2-22-12-19(8-6-16(22)24)7-3-9-23(13-19)18(25)15-10-20-17(21-11-15)14-4-5-14/h10-11,14H,2-9,12-13H2,1H3/t19-/m0/s1. The van der Waals surface area contributed by atoms with Gasteiger partial charge in [0.2, 0.25) is 5.91 Å². The zero-order chi connectivity index (χ0) is 17.4. The highest BCUT2D eigenvalue weighted by atomic mass is 16.2. The molecule has 134 valence electrons. The average molecular weight is 342 g/mol. The van der Waals surface area contributed by atoms with Crippen molar-refractivity contribution in [2.24, 2.45) is 5.41 Å². The summed E-state index contributed by atoms with van der Waals surface area (Å²) in [6.07, 6.45) is 9.29. The minimum Gasteiger partial charge on any atom is -0.342 e. The Labute approximate surface area is 148 Å². The Hall–Kier alpha value is -1.98. The number of rotatable bonds is 3. The molecule has 6 nitrogen and oxygen atoms in total. The van der Waals surface area contributed by atoms with Crippen molar-refractivity contribution >= 4 is 11.8 Å². The van der Waals surface area contributed by atoms with Crippen LogP contribution in [0.2, 0.25) is 0 Å². The lowest BCUT2D eigenvalue weighted by Gasteiger charge is -2.48. The molecule has 0 bridgehead atoms. The molecule has 0 unspecified atom stereocenters. The van der Waals surface area contributed by atoms with Crippen LogP contribution in [0.4, 0.5) is 0 Å². The summed E-state index contributed by atoms with van der Waals surface area (Å²) in [7, 11) is 0. The van der Waals surface area contributed by atoms with Crippen molar-refractivity contribution in [3.63, 3.8) is 0 Å². The SMILES string of the molecule is CCN1C[C@]2(CCCN(C(=O)c3cnc(C4CC4)nc3)C2)CCC1=O. The van der Waals surface area contributed by atoms with Gasteiger partial charge in [0.25, 0.3) is 5.91 Å². The van der Waals surface area contributed by atoms with Crippen molar-refractivity contribution in [3.8, 4) is 0 Å². The van der Waals surface area contributed by atoms with Gasteiger partial charge >= 0.3 is 0 Å². The van der Waals surface area contributed by atoms with Crippen LogP contribution in [0.3, 0.4) is 0 Å². The zero-order valence-corrected chi connectivity index (χ0v) is 14.9. The van der Waals surface area contributed by atoms with Crippen LogP contribution in [0.1, 0.15) is 67.5 Å². The molecule has 3 heterocycles.